The molecular formula is C22H35N7O2S. The van der Waals surface area contributed by atoms with Crippen molar-refractivity contribution in [3.05, 3.63) is 18.2 Å². The van der Waals surface area contributed by atoms with Gasteiger partial charge in [-0.05, 0) is 70.0 Å². The topological polar surface area (TPSA) is 105 Å². The molecule has 0 amide bonds. The van der Waals surface area contributed by atoms with Crippen LogP contribution in [0.3, 0.4) is 0 Å². The molecule has 2 aliphatic rings. The zero-order valence-corrected chi connectivity index (χ0v) is 20.1. The predicted octanol–water partition coefficient (Wildman–Crippen LogP) is 3.04. The molecule has 0 atom stereocenters. The monoisotopic (exact) mass is 461 g/mol. The Morgan fingerprint density at radius 2 is 1.78 bits per heavy atom. The molecule has 0 spiro atoms. The molecule has 2 heterocycles. The van der Waals surface area contributed by atoms with Crippen LogP contribution in [0.5, 0.6) is 0 Å². The smallest absolute Gasteiger partial charge is 0.240 e. The van der Waals surface area contributed by atoms with Gasteiger partial charge in [0.1, 0.15) is 0 Å². The molecule has 2 fully saturated rings. The Kier molecular flexibility index (Phi) is 7.11. The van der Waals surface area contributed by atoms with Crippen molar-refractivity contribution in [3.8, 4) is 11.4 Å². The molecule has 32 heavy (non-hydrogen) atoms. The minimum Gasteiger partial charge on any atom is -0.382 e. The molecule has 176 valence electrons. The first-order chi connectivity index (χ1) is 15.4. The van der Waals surface area contributed by atoms with Crippen molar-refractivity contribution >= 4 is 15.7 Å². The first kappa shape index (κ1) is 23.1. The van der Waals surface area contributed by atoms with Gasteiger partial charge in [0.05, 0.1) is 10.9 Å². The second-order valence-electron chi connectivity index (χ2n) is 9.19. The van der Waals surface area contributed by atoms with Crippen LogP contribution in [0.1, 0.15) is 64.8 Å². The number of tetrazole rings is 1. The summed E-state index contributed by atoms with van der Waals surface area (Å²) in [5, 5.41) is 17.0. The number of benzene rings is 1. The van der Waals surface area contributed by atoms with Crippen LogP contribution in [-0.2, 0) is 10.0 Å². The molecule has 1 aliphatic carbocycles. The van der Waals surface area contributed by atoms with E-state index in [1.807, 2.05) is 6.07 Å². The van der Waals surface area contributed by atoms with Crippen molar-refractivity contribution < 1.29 is 8.42 Å². The van der Waals surface area contributed by atoms with E-state index in [2.05, 4.69) is 39.1 Å². The first-order valence-electron chi connectivity index (χ1n) is 11.8. The van der Waals surface area contributed by atoms with Gasteiger partial charge < -0.3 is 10.2 Å². The quantitative estimate of drug-likeness (QED) is 0.653. The molecule has 2 aromatic rings. The van der Waals surface area contributed by atoms with E-state index in [9.17, 15) is 8.42 Å². The number of likely N-dealkylation sites (tertiary alicyclic amines) is 1. The average Bonchev–Trinajstić information content (AvgIpc) is 3.30. The number of hydrogen-bond donors (Lipinski definition) is 2. The normalized spacial score (nSPS) is 19.5. The molecule has 0 bridgehead atoms. The SMILES string of the molecule is CNS(=O)(=O)c1ccc(NC2CCCCC2)c(-c2nnn(C3CCN(C(C)C)CC3)n2)c1. The summed E-state index contributed by atoms with van der Waals surface area (Å²) in [6, 6.07) is 6.25. The standard InChI is InChI=1S/C22H35N7O2S/c1-16(2)28-13-11-18(12-14-28)29-26-22(25-27-29)20-15-19(32(30,31)23-3)9-10-21(20)24-17-7-5-4-6-8-17/h9-10,15-18,23-24H,4-8,11-14H2,1-3H3. The zero-order valence-electron chi connectivity index (χ0n) is 19.3. The van der Waals surface area contributed by atoms with Gasteiger partial charge in [-0.1, -0.05) is 19.3 Å². The Labute approximate surface area is 191 Å². The third-order valence-electron chi connectivity index (χ3n) is 6.76. The largest absolute Gasteiger partial charge is 0.382 e. The van der Waals surface area contributed by atoms with E-state index in [4.69, 9.17) is 5.10 Å². The van der Waals surface area contributed by atoms with Gasteiger partial charge in [-0.2, -0.15) is 4.80 Å². The summed E-state index contributed by atoms with van der Waals surface area (Å²) >= 11 is 0. The van der Waals surface area contributed by atoms with Crippen molar-refractivity contribution in [1.82, 2.24) is 29.8 Å². The van der Waals surface area contributed by atoms with E-state index < -0.39 is 10.0 Å². The third kappa shape index (κ3) is 5.13. The van der Waals surface area contributed by atoms with Crippen molar-refractivity contribution in [3.63, 3.8) is 0 Å². The summed E-state index contributed by atoms with van der Waals surface area (Å²) in [4.78, 5) is 4.38. The van der Waals surface area contributed by atoms with Crippen molar-refractivity contribution in [2.75, 3.05) is 25.5 Å². The number of aromatic nitrogens is 4. The Bertz CT molecular complexity index is 1010. The number of piperidine rings is 1. The van der Waals surface area contributed by atoms with Gasteiger partial charge in [0.25, 0.3) is 0 Å². The summed E-state index contributed by atoms with van der Waals surface area (Å²) in [7, 11) is -2.15. The minimum atomic E-state index is -3.57. The van der Waals surface area contributed by atoms with E-state index >= 15 is 0 Å². The van der Waals surface area contributed by atoms with Crippen LogP contribution in [0.25, 0.3) is 11.4 Å². The Morgan fingerprint density at radius 3 is 2.44 bits per heavy atom. The highest BCUT2D eigenvalue weighted by molar-refractivity contribution is 7.89. The lowest BCUT2D eigenvalue weighted by atomic mass is 9.95. The highest BCUT2D eigenvalue weighted by Gasteiger charge is 2.25. The van der Waals surface area contributed by atoms with Crippen LogP contribution in [0.2, 0.25) is 0 Å². The number of nitrogens with one attached hydrogen (secondary N) is 2. The third-order valence-corrected chi connectivity index (χ3v) is 8.17. The number of anilines is 1. The van der Waals surface area contributed by atoms with Gasteiger partial charge in [-0.3, -0.25) is 0 Å². The minimum absolute atomic E-state index is 0.200. The molecule has 0 unspecified atom stereocenters. The lowest BCUT2D eigenvalue weighted by Crippen LogP contribution is -2.39. The number of hydrogen-bond acceptors (Lipinski definition) is 7. The zero-order chi connectivity index (χ0) is 22.7. The fourth-order valence-corrected chi connectivity index (χ4v) is 5.46. The van der Waals surface area contributed by atoms with Crippen molar-refractivity contribution in [2.45, 2.75) is 81.8 Å². The highest BCUT2D eigenvalue weighted by atomic mass is 32.2. The first-order valence-corrected chi connectivity index (χ1v) is 13.2. The summed E-state index contributed by atoms with van der Waals surface area (Å²) in [6.07, 6.45) is 7.89. The van der Waals surface area contributed by atoms with E-state index in [1.54, 1.807) is 16.9 Å². The number of rotatable bonds is 7. The Hall–Kier alpha value is -2.04. The van der Waals surface area contributed by atoms with Gasteiger partial charge in [-0.25, -0.2) is 13.1 Å². The number of nitrogens with zero attached hydrogens (tertiary/aromatic N) is 5. The maximum absolute atomic E-state index is 12.4. The van der Waals surface area contributed by atoms with E-state index in [1.165, 1.54) is 26.3 Å². The molecule has 1 aromatic carbocycles. The Balaban J connectivity index is 1.61. The molecule has 1 aliphatic heterocycles. The van der Waals surface area contributed by atoms with Gasteiger partial charge >= 0.3 is 0 Å². The van der Waals surface area contributed by atoms with Crippen LogP contribution >= 0.6 is 0 Å². The maximum atomic E-state index is 12.4. The summed E-state index contributed by atoms with van der Waals surface area (Å²) in [5.74, 6) is 0.461. The highest BCUT2D eigenvalue weighted by Crippen LogP contribution is 2.32. The van der Waals surface area contributed by atoms with E-state index in [-0.39, 0.29) is 10.9 Å². The summed E-state index contributed by atoms with van der Waals surface area (Å²) < 4.78 is 27.2. The second kappa shape index (κ2) is 9.84. The van der Waals surface area contributed by atoms with Crippen molar-refractivity contribution in [2.24, 2.45) is 0 Å². The van der Waals surface area contributed by atoms with Gasteiger partial charge in [-0.15, -0.1) is 10.2 Å². The second-order valence-corrected chi connectivity index (χ2v) is 11.1. The fraction of sp³-hybridized carbons (Fsp3) is 0.682. The molecule has 4 rings (SSSR count). The van der Waals surface area contributed by atoms with Gasteiger partial charge in [0.15, 0.2) is 0 Å². The summed E-state index contributed by atoms with van der Waals surface area (Å²) in [5.41, 5.74) is 1.54. The van der Waals surface area contributed by atoms with Crippen LogP contribution in [0.4, 0.5) is 5.69 Å². The molecule has 2 N–H and O–H groups in total. The van der Waals surface area contributed by atoms with Crippen LogP contribution in [-0.4, -0.2) is 65.7 Å². The average molecular weight is 462 g/mol. The molecule has 9 nitrogen and oxygen atoms in total. The van der Waals surface area contributed by atoms with E-state index in [0.29, 0.717) is 23.5 Å². The molecule has 1 saturated carbocycles. The maximum Gasteiger partial charge on any atom is 0.240 e. The summed E-state index contributed by atoms with van der Waals surface area (Å²) in [6.45, 7) is 6.48. The Morgan fingerprint density at radius 1 is 1.06 bits per heavy atom. The molecule has 0 radical (unpaired) electrons. The lowest BCUT2D eigenvalue weighted by Gasteiger charge is -2.33. The van der Waals surface area contributed by atoms with Crippen LogP contribution in [0, 0.1) is 0 Å². The van der Waals surface area contributed by atoms with Crippen molar-refractivity contribution in [1.29, 1.82) is 0 Å². The van der Waals surface area contributed by atoms with Gasteiger partial charge in [0.2, 0.25) is 15.8 Å². The van der Waals surface area contributed by atoms with Crippen LogP contribution in [0.15, 0.2) is 23.1 Å². The van der Waals surface area contributed by atoms with Gasteiger partial charge in [0, 0.05) is 36.4 Å². The fourth-order valence-electron chi connectivity index (χ4n) is 4.71. The van der Waals surface area contributed by atoms with E-state index in [0.717, 1.165) is 44.5 Å². The molecular weight excluding hydrogens is 426 g/mol. The number of sulfonamides is 1. The molecule has 10 heteroatoms. The lowest BCUT2D eigenvalue weighted by molar-refractivity contribution is 0.140. The predicted molar refractivity (Wildman–Crippen MR) is 125 cm³/mol. The molecule has 1 aromatic heterocycles. The van der Waals surface area contributed by atoms with Crippen LogP contribution < -0.4 is 10.0 Å². The molecule has 1 saturated heterocycles.